The molecular formula is C8H12N4O2S. The van der Waals surface area contributed by atoms with E-state index in [1.165, 1.54) is 0 Å². The van der Waals surface area contributed by atoms with Gasteiger partial charge in [-0.25, -0.2) is 0 Å². The van der Waals surface area contributed by atoms with Gasteiger partial charge in [0.1, 0.15) is 12.6 Å². The van der Waals surface area contributed by atoms with Crippen LogP contribution in [0.1, 0.15) is 18.3 Å². The number of aromatic amines is 1. The van der Waals surface area contributed by atoms with Gasteiger partial charge in [0.2, 0.25) is 5.91 Å². The minimum Gasteiger partial charge on any atom is -0.388 e. The molecule has 6 nitrogen and oxygen atoms in total. The maximum atomic E-state index is 11.8. The summed E-state index contributed by atoms with van der Waals surface area (Å²) in [5.74, 6) is 0.427. The summed E-state index contributed by atoms with van der Waals surface area (Å²) in [6.45, 7) is 0.488. The van der Waals surface area contributed by atoms with Crippen LogP contribution in [0.2, 0.25) is 0 Å². The first-order valence-electron chi connectivity index (χ1n) is 4.66. The summed E-state index contributed by atoms with van der Waals surface area (Å²) in [5, 5.41) is 15.5. The van der Waals surface area contributed by atoms with Crippen molar-refractivity contribution in [2.75, 3.05) is 13.6 Å². The lowest BCUT2D eigenvalue weighted by Crippen LogP contribution is -2.25. The third-order valence-electron chi connectivity index (χ3n) is 2.63. The highest BCUT2D eigenvalue weighted by atomic mass is 32.1. The Morgan fingerprint density at radius 3 is 3.00 bits per heavy atom. The van der Waals surface area contributed by atoms with Crippen LogP contribution in [0.5, 0.6) is 0 Å². The summed E-state index contributed by atoms with van der Waals surface area (Å²) in [6, 6.07) is -0.316. The van der Waals surface area contributed by atoms with Crippen LogP contribution in [0.4, 0.5) is 0 Å². The molecule has 0 bridgehead atoms. The van der Waals surface area contributed by atoms with Gasteiger partial charge in [0, 0.05) is 13.6 Å². The molecule has 1 aliphatic heterocycles. The van der Waals surface area contributed by atoms with E-state index in [2.05, 4.69) is 10.2 Å². The number of H-pyrrole nitrogens is 1. The molecule has 2 heterocycles. The monoisotopic (exact) mass is 228 g/mol. The summed E-state index contributed by atoms with van der Waals surface area (Å²) < 4.78 is 1.98. The maximum Gasteiger partial charge on any atom is 0.245 e. The van der Waals surface area contributed by atoms with E-state index in [0.717, 1.165) is 0 Å². The normalized spacial score (nSPS) is 21.3. The third-order valence-corrected chi connectivity index (χ3v) is 2.92. The second-order valence-corrected chi connectivity index (χ2v) is 3.92. The lowest BCUT2D eigenvalue weighted by Gasteiger charge is -2.12. The highest BCUT2D eigenvalue weighted by molar-refractivity contribution is 7.71. The van der Waals surface area contributed by atoms with Crippen LogP contribution in [0.25, 0.3) is 0 Å². The second-order valence-electron chi connectivity index (χ2n) is 3.54. The van der Waals surface area contributed by atoms with Crippen molar-refractivity contribution in [3.8, 4) is 0 Å². The number of aliphatic hydroxyl groups excluding tert-OH is 1. The van der Waals surface area contributed by atoms with E-state index in [1.807, 2.05) is 0 Å². The van der Waals surface area contributed by atoms with Gasteiger partial charge in [-0.15, -0.1) is 0 Å². The number of hydrogen-bond donors (Lipinski definition) is 2. The largest absolute Gasteiger partial charge is 0.388 e. The molecule has 1 fully saturated rings. The van der Waals surface area contributed by atoms with Crippen LogP contribution in [0.3, 0.4) is 0 Å². The Balaban J connectivity index is 2.41. The van der Waals surface area contributed by atoms with Crippen molar-refractivity contribution < 1.29 is 9.90 Å². The number of carbonyl (C=O) groups excluding carboxylic acids is 1. The first-order chi connectivity index (χ1) is 7.15. The van der Waals surface area contributed by atoms with Gasteiger partial charge >= 0.3 is 0 Å². The summed E-state index contributed by atoms with van der Waals surface area (Å²) in [5.41, 5.74) is 0. The Labute approximate surface area is 91.5 Å². The summed E-state index contributed by atoms with van der Waals surface area (Å²) >= 11 is 5.03. The maximum absolute atomic E-state index is 11.8. The molecule has 82 valence electrons. The molecule has 1 aromatic rings. The number of aliphatic hydroxyl groups is 1. The fourth-order valence-electron chi connectivity index (χ4n) is 1.81. The van der Waals surface area contributed by atoms with Gasteiger partial charge in [-0.05, 0) is 18.6 Å². The molecule has 1 amide bonds. The molecule has 0 spiro atoms. The van der Waals surface area contributed by atoms with E-state index < -0.39 is 0 Å². The molecule has 0 saturated carbocycles. The van der Waals surface area contributed by atoms with Crippen molar-refractivity contribution >= 4 is 18.1 Å². The number of hydrogen-bond acceptors (Lipinski definition) is 4. The Morgan fingerprint density at radius 2 is 2.47 bits per heavy atom. The molecule has 2 rings (SSSR count). The van der Waals surface area contributed by atoms with Crippen LogP contribution >= 0.6 is 12.2 Å². The van der Waals surface area contributed by atoms with Crippen molar-refractivity contribution in [3.05, 3.63) is 10.6 Å². The van der Waals surface area contributed by atoms with Gasteiger partial charge in [0.05, 0.1) is 0 Å². The Kier molecular flexibility index (Phi) is 2.57. The van der Waals surface area contributed by atoms with Crippen LogP contribution in [-0.2, 0) is 11.4 Å². The predicted molar refractivity (Wildman–Crippen MR) is 54.6 cm³/mol. The zero-order chi connectivity index (χ0) is 11.0. The van der Waals surface area contributed by atoms with Crippen molar-refractivity contribution in [2.45, 2.75) is 19.1 Å². The van der Waals surface area contributed by atoms with E-state index in [0.29, 0.717) is 23.6 Å². The highest BCUT2D eigenvalue weighted by Gasteiger charge is 2.32. The van der Waals surface area contributed by atoms with Crippen molar-refractivity contribution in [3.63, 3.8) is 0 Å². The molecule has 1 aromatic heterocycles. The molecule has 2 N–H and O–H groups in total. The Morgan fingerprint density at radius 1 is 1.73 bits per heavy atom. The number of nitrogens with one attached hydrogen (secondary N) is 1. The zero-order valence-corrected chi connectivity index (χ0v) is 9.12. The average molecular weight is 228 g/mol. The van der Waals surface area contributed by atoms with Gasteiger partial charge in [-0.2, -0.15) is 5.10 Å². The fourth-order valence-corrected chi connectivity index (χ4v) is 2.09. The number of aromatic nitrogens is 3. The molecule has 0 aliphatic carbocycles. The van der Waals surface area contributed by atoms with Gasteiger partial charge in [0.15, 0.2) is 10.6 Å². The molecule has 0 radical (unpaired) electrons. The van der Waals surface area contributed by atoms with Crippen LogP contribution in [0, 0.1) is 4.77 Å². The summed E-state index contributed by atoms with van der Waals surface area (Å²) in [6.07, 6.45) is 0.705. The quantitative estimate of drug-likeness (QED) is 0.690. The number of likely N-dealkylation sites (N-methyl/N-ethyl adjacent to an activating group) is 1. The standard InChI is InChI=1S/C8H12N4O2S/c1-11-3-2-5(7(11)14)12-6(4-13)9-10-8(12)15/h5,13H,2-4H2,1H3,(H,10,15). The molecular weight excluding hydrogens is 216 g/mol. The van der Waals surface area contributed by atoms with Gasteiger partial charge in [-0.1, -0.05) is 0 Å². The summed E-state index contributed by atoms with van der Waals surface area (Å²) in [7, 11) is 1.75. The lowest BCUT2D eigenvalue weighted by molar-refractivity contribution is -0.129. The molecule has 1 saturated heterocycles. The number of rotatable bonds is 2. The van der Waals surface area contributed by atoms with Crippen LogP contribution in [-0.4, -0.2) is 44.3 Å². The Hall–Kier alpha value is -1.21. The molecule has 1 unspecified atom stereocenters. The lowest BCUT2D eigenvalue weighted by atomic mass is 10.2. The summed E-state index contributed by atoms with van der Waals surface area (Å²) in [4.78, 5) is 13.4. The minimum atomic E-state index is -0.316. The van der Waals surface area contributed by atoms with E-state index in [9.17, 15) is 4.79 Å². The molecule has 15 heavy (non-hydrogen) atoms. The zero-order valence-electron chi connectivity index (χ0n) is 8.30. The molecule has 0 aromatic carbocycles. The van der Waals surface area contributed by atoms with E-state index >= 15 is 0 Å². The smallest absolute Gasteiger partial charge is 0.245 e. The number of amides is 1. The number of carbonyl (C=O) groups is 1. The Bertz CT molecular complexity index is 438. The third kappa shape index (κ3) is 1.57. The van der Waals surface area contributed by atoms with Crippen molar-refractivity contribution in [1.82, 2.24) is 19.7 Å². The average Bonchev–Trinajstić information content (AvgIpc) is 2.73. The second kappa shape index (κ2) is 3.74. The number of likely N-dealkylation sites (tertiary alicyclic amines) is 1. The van der Waals surface area contributed by atoms with Crippen LogP contribution in [0.15, 0.2) is 0 Å². The van der Waals surface area contributed by atoms with Gasteiger partial charge in [0.25, 0.3) is 0 Å². The van der Waals surface area contributed by atoms with Crippen molar-refractivity contribution in [1.29, 1.82) is 0 Å². The predicted octanol–water partition coefficient (Wildman–Crippen LogP) is -0.164. The topological polar surface area (TPSA) is 74.2 Å². The van der Waals surface area contributed by atoms with Crippen LogP contribution < -0.4 is 0 Å². The molecule has 1 aliphatic rings. The minimum absolute atomic E-state index is 0.0159. The first-order valence-corrected chi connectivity index (χ1v) is 5.07. The van der Waals surface area contributed by atoms with E-state index in [4.69, 9.17) is 17.3 Å². The molecule has 7 heteroatoms. The van der Waals surface area contributed by atoms with Gasteiger partial charge in [-0.3, -0.25) is 14.5 Å². The van der Waals surface area contributed by atoms with E-state index in [1.54, 1.807) is 16.5 Å². The van der Waals surface area contributed by atoms with Crippen molar-refractivity contribution in [2.24, 2.45) is 0 Å². The highest BCUT2D eigenvalue weighted by Crippen LogP contribution is 2.23. The first kappa shape index (κ1) is 10.3. The SMILES string of the molecule is CN1CCC(n2c(CO)n[nH]c2=S)C1=O. The van der Waals surface area contributed by atoms with E-state index in [-0.39, 0.29) is 18.6 Å². The van der Waals surface area contributed by atoms with Gasteiger partial charge < -0.3 is 10.0 Å². The number of nitrogens with zero attached hydrogens (tertiary/aromatic N) is 3. The molecule has 1 atom stereocenters. The fraction of sp³-hybridized carbons (Fsp3) is 0.625.